The van der Waals surface area contributed by atoms with Crippen LogP contribution in [-0.2, 0) is 24.9 Å². The van der Waals surface area contributed by atoms with Crippen LogP contribution >= 0.6 is 0 Å². The zero-order valence-electron chi connectivity index (χ0n) is 16.3. The molecule has 0 radical (unpaired) electrons. The molecule has 0 amide bonds. The van der Waals surface area contributed by atoms with Gasteiger partial charge in [-0.15, -0.1) is 0 Å². The number of nitrogens with zero attached hydrogens (tertiary/aromatic N) is 5. The Morgan fingerprint density at radius 3 is 2.78 bits per heavy atom. The number of imidazole rings is 2. The predicted molar refractivity (Wildman–Crippen MR) is 103 cm³/mol. The van der Waals surface area contributed by atoms with Gasteiger partial charge in [-0.2, -0.15) is 4.98 Å². The van der Waals surface area contributed by atoms with E-state index in [1.54, 1.807) is 7.05 Å². The lowest BCUT2D eigenvalue weighted by Gasteiger charge is -2.11. The van der Waals surface area contributed by atoms with Crippen LogP contribution in [0.3, 0.4) is 0 Å². The standard InChI is InChI=1S/C19H27N5O3/c1-4-5-6-9-22-17(25)15-16(21(3)19(22)26)20-18-23(13(2)11-24(15)18)12-14-8-7-10-27-14/h11,14H,4-10,12H2,1-3H3/t14-/m0/s1. The van der Waals surface area contributed by atoms with Crippen LogP contribution < -0.4 is 11.2 Å². The topological polar surface area (TPSA) is 75.5 Å². The minimum atomic E-state index is -0.299. The van der Waals surface area contributed by atoms with Crippen LogP contribution in [0.5, 0.6) is 0 Å². The van der Waals surface area contributed by atoms with Crippen LogP contribution in [0.2, 0.25) is 0 Å². The van der Waals surface area contributed by atoms with E-state index in [1.807, 2.05) is 17.5 Å². The van der Waals surface area contributed by atoms with Crippen LogP contribution in [0.4, 0.5) is 0 Å². The highest BCUT2D eigenvalue weighted by atomic mass is 16.5. The van der Waals surface area contributed by atoms with E-state index in [1.165, 1.54) is 9.13 Å². The van der Waals surface area contributed by atoms with Gasteiger partial charge in [0.1, 0.15) is 0 Å². The molecule has 0 N–H and O–H groups in total. The van der Waals surface area contributed by atoms with Crippen molar-refractivity contribution in [1.29, 1.82) is 0 Å². The summed E-state index contributed by atoms with van der Waals surface area (Å²) < 4.78 is 12.5. The van der Waals surface area contributed by atoms with Gasteiger partial charge in [-0.1, -0.05) is 19.8 Å². The van der Waals surface area contributed by atoms with Crippen molar-refractivity contribution in [3.8, 4) is 0 Å². The van der Waals surface area contributed by atoms with Crippen molar-refractivity contribution in [3.63, 3.8) is 0 Å². The quantitative estimate of drug-likeness (QED) is 0.618. The molecule has 0 aliphatic carbocycles. The Bertz CT molecular complexity index is 1090. The van der Waals surface area contributed by atoms with Gasteiger partial charge in [-0.05, 0) is 26.2 Å². The number of fused-ring (bicyclic) bond motifs is 3. The molecule has 0 saturated carbocycles. The van der Waals surface area contributed by atoms with Crippen LogP contribution in [0, 0.1) is 6.92 Å². The molecule has 0 aromatic carbocycles. The highest BCUT2D eigenvalue weighted by molar-refractivity contribution is 5.75. The molecule has 3 aromatic rings. The first-order chi connectivity index (χ1) is 13.0. The average Bonchev–Trinajstić information content (AvgIpc) is 3.34. The number of unbranched alkanes of at least 4 members (excludes halogenated alkanes) is 2. The Balaban J connectivity index is 1.88. The fourth-order valence-electron chi connectivity index (χ4n) is 3.99. The monoisotopic (exact) mass is 373 g/mol. The number of aryl methyl sites for hydroxylation is 2. The summed E-state index contributed by atoms with van der Waals surface area (Å²) in [5, 5.41) is 0. The van der Waals surface area contributed by atoms with Crippen LogP contribution in [-0.4, -0.2) is 35.8 Å². The molecular weight excluding hydrogens is 346 g/mol. The highest BCUT2D eigenvalue weighted by Crippen LogP contribution is 2.20. The summed E-state index contributed by atoms with van der Waals surface area (Å²) in [5.74, 6) is 0.691. The Morgan fingerprint density at radius 1 is 1.26 bits per heavy atom. The summed E-state index contributed by atoms with van der Waals surface area (Å²) in [5.41, 5.74) is 1.38. The average molecular weight is 373 g/mol. The molecule has 4 heterocycles. The van der Waals surface area contributed by atoms with Gasteiger partial charge in [0.15, 0.2) is 11.2 Å². The van der Waals surface area contributed by atoms with Crippen molar-refractivity contribution in [3.05, 3.63) is 32.7 Å². The lowest BCUT2D eigenvalue weighted by atomic mass is 10.2. The maximum absolute atomic E-state index is 13.1. The smallest absolute Gasteiger partial charge is 0.332 e. The van der Waals surface area contributed by atoms with Crippen LogP contribution in [0.25, 0.3) is 16.9 Å². The summed E-state index contributed by atoms with van der Waals surface area (Å²) in [6.07, 6.45) is 7.07. The third-order valence-electron chi connectivity index (χ3n) is 5.54. The summed E-state index contributed by atoms with van der Waals surface area (Å²) in [6, 6.07) is 0. The van der Waals surface area contributed by atoms with Gasteiger partial charge in [0, 0.05) is 32.1 Å². The van der Waals surface area contributed by atoms with E-state index >= 15 is 0 Å². The molecule has 0 spiro atoms. The summed E-state index contributed by atoms with van der Waals surface area (Å²) in [4.78, 5) is 30.4. The molecule has 0 unspecified atom stereocenters. The Kier molecular flexibility index (Phi) is 4.67. The molecule has 8 nitrogen and oxygen atoms in total. The summed E-state index contributed by atoms with van der Waals surface area (Å²) >= 11 is 0. The van der Waals surface area contributed by atoms with E-state index in [9.17, 15) is 9.59 Å². The second-order valence-electron chi connectivity index (χ2n) is 7.48. The van der Waals surface area contributed by atoms with E-state index in [4.69, 9.17) is 4.74 Å². The van der Waals surface area contributed by atoms with E-state index in [-0.39, 0.29) is 17.4 Å². The minimum Gasteiger partial charge on any atom is -0.376 e. The first kappa shape index (κ1) is 18.0. The van der Waals surface area contributed by atoms with E-state index < -0.39 is 0 Å². The second kappa shape index (κ2) is 6.99. The molecule has 4 rings (SSSR count). The highest BCUT2D eigenvalue weighted by Gasteiger charge is 2.23. The Hall–Kier alpha value is -2.35. The van der Waals surface area contributed by atoms with Crippen molar-refractivity contribution >= 4 is 16.9 Å². The number of hydrogen-bond acceptors (Lipinski definition) is 4. The van der Waals surface area contributed by atoms with E-state index in [0.29, 0.717) is 30.0 Å². The Morgan fingerprint density at radius 2 is 2.07 bits per heavy atom. The molecule has 1 saturated heterocycles. The lowest BCUT2D eigenvalue weighted by molar-refractivity contribution is 0.0974. The van der Waals surface area contributed by atoms with Crippen LogP contribution in [0.15, 0.2) is 15.8 Å². The number of aromatic nitrogens is 5. The number of ether oxygens (including phenoxy) is 1. The molecule has 8 heteroatoms. The maximum atomic E-state index is 13.1. The van der Waals surface area contributed by atoms with Crippen molar-refractivity contribution in [2.75, 3.05) is 6.61 Å². The van der Waals surface area contributed by atoms with Gasteiger partial charge < -0.3 is 9.30 Å². The zero-order chi connectivity index (χ0) is 19.1. The molecule has 0 bridgehead atoms. The van der Waals surface area contributed by atoms with Gasteiger partial charge in [0.2, 0.25) is 5.78 Å². The van der Waals surface area contributed by atoms with E-state index in [2.05, 4.69) is 16.5 Å². The second-order valence-corrected chi connectivity index (χ2v) is 7.48. The first-order valence-corrected chi connectivity index (χ1v) is 9.82. The maximum Gasteiger partial charge on any atom is 0.332 e. The summed E-state index contributed by atoms with van der Waals surface area (Å²) in [6.45, 7) is 6.07. The fourth-order valence-corrected chi connectivity index (χ4v) is 3.99. The number of rotatable bonds is 6. The van der Waals surface area contributed by atoms with Gasteiger partial charge in [-0.3, -0.25) is 18.3 Å². The first-order valence-electron chi connectivity index (χ1n) is 9.82. The molecule has 1 aliphatic rings. The molecule has 1 atom stereocenters. The predicted octanol–water partition coefficient (Wildman–Crippen LogP) is 1.83. The van der Waals surface area contributed by atoms with Gasteiger partial charge >= 0.3 is 5.69 Å². The zero-order valence-corrected chi connectivity index (χ0v) is 16.3. The third-order valence-corrected chi connectivity index (χ3v) is 5.54. The van der Waals surface area contributed by atoms with Gasteiger partial charge in [-0.25, -0.2) is 4.79 Å². The Labute approximate surface area is 157 Å². The van der Waals surface area contributed by atoms with Crippen molar-refractivity contribution in [2.24, 2.45) is 7.05 Å². The molecule has 1 fully saturated rings. The lowest BCUT2D eigenvalue weighted by Crippen LogP contribution is -2.39. The van der Waals surface area contributed by atoms with E-state index in [0.717, 1.165) is 44.4 Å². The number of hydrogen-bond donors (Lipinski definition) is 0. The van der Waals surface area contributed by atoms with Gasteiger partial charge in [0.25, 0.3) is 5.56 Å². The van der Waals surface area contributed by atoms with Gasteiger partial charge in [0.05, 0.1) is 12.6 Å². The molecule has 3 aromatic heterocycles. The third kappa shape index (κ3) is 2.92. The van der Waals surface area contributed by atoms with Crippen LogP contribution in [0.1, 0.15) is 44.7 Å². The molecule has 27 heavy (non-hydrogen) atoms. The molecule has 1 aliphatic heterocycles. The van der Waals surface area contributed by atoms with Crippen molar-refractivity contribution in [1.82, 2.24) is 23.1 Å². The minimum absolute atomic E-state index is 0.175. The molecular formula is C19H27N5O3. The largest absolute Gasteiger partial charge is 0.376 e. The SMILES string of the molecule is CCCCCn1c(=O)c2c(nc3n(C[C@@H]4CCCO4)c(C)cn23)n(C)c1=O. The van der Waals surface area contributed by atoms with Crippen molar-refractivity contribution < 1.29 is 4.74 Å². The normalized spacial score (nSPS) is 17.5. The molecule has 146 valence electrons. The fraction of sp³-hybridized carbons (Fsp3) is 0.632. The summed E-state index contributed by atoms with van der Waals surface area (Å²) in [7, 11) is 1.68. The van der Waals surface area contributed by atoms with Crippen molar-refractivity contribution in [2.45, 2.75) is 65.1 Å².